The van der Waals surface area contributed by atoms with Crippen LogP contribution in [0.25, 0.3) is 22.5 Å². The average molecular weight is 390 g/mol. The van der Waals surface area contributed by atoms with Gasteiger partial charge in [0, 0.05) is 32.3 Å². The molecule has 0 amide bonds. The van der Waals surface area contributed by atoms with Crippen molar-refractivity contribution in [1.82, 2.24) is 25.1 Å². The number of imidazole rings is 1. The first-order valence-electron chi connectivity index (χ1n) is 9.77. The highest BCUT2D eigenvalue weighted by molar-refractivity contribution is 5.74. The number of aromatic amines is 1. The number of benzene rings is 1. The number of anilines is 1. The van der Waals surface area contributed by atoms with Crippen LogP contribution in [0.3, 0.4) is 0 Å². The van der Waals surface area contributed by atoms with Crippen LogP contribution in [0.15, 0.2) is 47.1 Å². The van der Waals surface area contributed by atoms with Crippen molar-refractivity contribution in [3.63, 3.8) is 0 Å². The van der Waals surface area contributed by atoms with E-state index in [1.54, 1.807) is 13.3 Å². The number of rotatable bonds is 5. The summed E-state index contributed by atoms with van der Waals surface area (Å²) in [6.45, 7) is 2.21. The van der Waals surface area contributed by atoms with Crippen LogP contribution in [0.2, 0.25) is 0 Å². The van der Waals surface area contributed by atoms with E-state index in [4.69, 9.17) is 14.2 Å². The van der Waals surface area contributed by atoms with Gasteiger partial charge in [-0.2, -0.15) is 4.98 Å². The number of pyridine rings is 1. The van der Waals surface area contributed by atoms with Crippen LogP contribution < -0.4 is 4.90 Å². The SMILES string of the molecule is COCc1noc(-c2ccc(N3CCCC(c4nc5ccccc5[nH]4)C3)nc2)n1. The van der Waals surface area contributed by atoms with Crippen LogP contribution in [0, 0.1) is 0 Å². The van der Waals surface area contributed by atoms with Gasteiger partial charge < -0.3 is 19.1 Å². The molecule has 0 saturated carbocycles. The Kier molecular flexibility index (Phi) is 4.69. The Bertz CT molecular complexity index is 1070. The van der Waals surface area contributed by atoms with Crippen LogP contribution >= 0.6 is 0 Å². The van der Waals surface area contributed by atoms with E-state index in [0.717, 1.165) is 54.2 Å². The molecule has 0 aliphatic carbocycles. The summed E-state index contributed by atoms with van der Waals surface area (Å²) in [5.74, 6) is 3.35. The van der Waals surface area contributed by atoms with Gasteiger partial charge in [-0.15, -0.1) is 0 Å². The van der Waals surface area contributed by atoms with Gasteiger partial charge in [-0.3, -0.25) is 0 Å². The second kappa shape index (κ2) is 7.63. The molecule has 3 aromatic heterocycles. The highest BCUT2D eigenvalue weighted by Gasteiger charge is 2.25. The van der Waals surface area contributed by atoms with E-state index >= 15 is 0 Å². The molecule has 0 radical (unpaired) electrons. The van der Waals surface area contributed by atoms with E-state index in [-0.39, 0.29) is 0 Å². The molecular formula is C21H22N6O2. The van der Waals surface area contributed by atoms with Crippen molar-refractivity contribution < 1.29 is 9.26 Å². The highest BCUT2D eigenvalue weighted by Crippen LogP contribution is 2.29. The van der Waals surface area contributed by atoms with E-state index in [9.17, 15) is 0 Å². The number of methoxy groups -OCH3 is 1. The molecule has 1 unspecified atom stereocenters. The Balaban J connectivity index is 1.32. The number of H-pyrrole nitrogens is 1. The molecule has 1 N–H and O–H groups in total. The molecule has 1 aromatic carbocycles. The summed E-state index contributed by atoms with van der Waals surface area (Å²) in [4.78, 5) is 19.6. The third-order valence-corrected chi connectivity index (χ3v) is 5.28. The van der Waals surface area contributed by atoms with Gasteiger partial charge in [0.2, 0.25) is 0 Å². The molecule has 148 valence electrons. The molecule has 1 aliphatic heterocycles. The minimum Gasteiger partial charge on any atom is -0.377 e. The average Bonchev–Trinajstić information content (AvgIpc) is 3.41. The zero-order valence-electron chi connectivity index (χ0n) is 16.2. The van der Waals surface area contributed by atoms with Crippen molar-refractivity contribution in [2.75, 3.05) is 25.1 Å². The summed E-state index contributed by atoms with van der Waals surface area (Å²) in [7, 11) is 1.60. The highest BCUT2D eigenvalue weighted by atomic mass is 16.5. The number of nitrogens with zero attached hydrogens (tertiary/aromatic N) is 5. The number of nitrogens with one attached hydrogen (secondary N) is 1. The third-order valence-electron chi connectivity index (χ3n) is 5.28. The number of piperidine rings is 1. The standard InChI is InChI=1S/C21H22N6O2/c1-28-13-18-25-21(29-26-18)14-8-9-19(22-11-14)27-10-4-5-15(12-27)20-23-16-6-2-3-7-17(16)24-20/h2-3,6-9,11,15H,4-5,10,12-13H2,1H3,(H,23,24). The van der Waals surface area contributed by atoms with E-state index < -0.39 is 0 Å². The van der Waals surface area contributed by atoms with Crippen LogP contribution in [0.4, 0.5) is 5.82 Å². The Labute approximate surface area is 167 Å². The van der Waals surface area contributed by atoms with E-state index in [2.05, 4.69) is 31.1 Å². The summed E-state index contributed by atoms with van der Waals surface area (Å²) < 4.78 is 10.3. The Morgan fingerprint density at radius 2 is 2.14 bits per heavy atom. The second-order valence-electron chi connectivity index (χ2n) is 7.28. The Morgan fingerprint density at radius 1 is 1.21 bits per heavy atom. The molecular weight excluding hydrogens is 368 g/mol. The molecule has 1 aliphatic rings. The first-order valence-corrected chi connectivity index (χ1v) is 9.77. The third kappa shape index (κ3) is 3.58. The van der Waals surface area contributed by atoms with Crippen molar-refractivity contribution in [1.29, 1.82) is 0 Å². The minimum atomic E-state index is 0.325. The zero-order valence-corrected chi connectivity index (χ0v) is 16.2. The predicted octanol–water partition coefficient (Wildman–Crippen LogP) is 3.54. The fourth-order valence-corrected chi connectivity index (χ4v) is 3.83. The Morgan fingerprint density at radius 3 is 2.97 bits per heavy atom. The van der Waals surface area contributed by atoms with Gasteiger partial charge in [0.1, 0.15) is 18.2 Å². The minimum absolute atomic E-state index is 0.325. The number of para-hydroxylation sites is 2. The number of fused-ring (bicyclic) bond motifs is 1. The van der Waals surface area contributed by atoms with Crippen LogP contribution in [0.1, 0.15) is 30.4 Å². The maximum Gasteiger partial charge on any atom is 0.259 e. The summed E-state index contributed by atoms with van der Waals surface area (Å²) in [5, 5.41) is 3.90. The van der Waals surface area contributed by atoms with Gasteiger partial charge in [-0.05, 0) is 37.1 Å². The van der Waals surface area contributed by atoms with E-state index in [0.29, 0.717) is 24.2 Å². The molecule has 4 aromatic rings. The fraction of sp³-hybridized carbons (Fsp3) is 0.333. The van der Waals surface area contributed by atoms with E-state index in [1.165, 1.54) is 0 Å². The monoisotopic (exact) mass is 390 g/mol. The topological polar surface area (TPSA) is 93.0 Å². The fourth-order valence-electron chi connectivity index (χ4n) is 3.83. The summed E-state index contributed by atoms with van der Waals surface area (Å²) in [6.07, 6.45) is 4.01. The largest absolute Gasteiger partial charge is 0.377 e. The van der Waals surface area contributed by atoms with Gasteiger partial charge in [-0.1, -0.05) is 17.3 Å². The molecule has 29 heavy (non-hydrogen) atoms. The molecule has 1 fully saturated rings. The zero-order chi connectivity index (χ0) is 19.6. The summed E-state index contributed by atoms with van der Waals surface area (Å²) in [5.41, 5.74) is 2.92. The van der Waals surface area contributed by atoms with Gasteiger partial charge in [0.05, 0.1) is 16.6 Å². The Hall–Kier alpha value is -3.26. The number of aromatic nitrogens is 5. The molecule has 1 saturated heterocycles. The molecule has 8 heteroatoms. The number of hydrogen-bond acceptors (Lipinski definition) is 7. The van der Waals surface area contributed by atoms with Crippen molar-refractivity contribution >= 4 is 16.9 Å². The van der Waals surface area contributed by atoms with Crippen molar-refractivity contribution in [3.8, 4) is 11.5 Å². The lowest BCUT2D eigenvalue weighted by molar-refractivity contribution is 0.174. The van der Waals surface area contributed by atoms with Crippen LogP contribution in [-0.2, 0) is 11.3 Å². The molecule has 4 heterocycles. The van der Waals surface area contributed by atoms with Crippen molar-refractivity contribution in [2.24, 2.45) is 0 Å². The molecule has 1 atom stereocenters. The lowest BCUT2D eigenvalue weighted by Crippen LogP contribution is -2.35. The van der Waals surface area contributed by atoms with Gasteiger partial charge >= 0.3 is 0 Å². The van der Waals surface area contributed by atoms with Crippen molar-refractivity contribution in [2.45, 2.75) is 25.4 Å². The van der Waals surface area contributed by atoms with Crippen molar-refractivity contribution in [3.05, 3.63) is 54.2 Å². The van der Waals surface area contributed by atoms with Crippen LogP contribution in [0.5, 0.6) is 0 Å². The lowest BCUT2D eigenvalue weighted by Gasteiger charge is -2.32. The predicted molar refractivity (Wildman–Crippen MR) is 109 cm³/mol. The summed E-state index contributed by atoms with van der Waals surface area (Å²) in [6, 6.07) is 12.2. The maximum atomic E-state index is 5.29. The second-order valence-corrected chi connectivity index (χ2v) is 7.28. The molecule has 0 spiro atoms. The maximum absolute atomic E-state index is 5.29. The molecule has 5 rings (SSSR count). The normalized spacial score (nSPS) is 17.1. The van der Waals surface area contributed by atoms with E-state index in [1.807, 2.05) is 30.3 Å². The molecule has 0 bridgehead atoms. The van der Waals surface area contributed by atoms with Gasteiger partial charge in [-0.25, -0.2) is 9.97 Å². The lowest BCUT2D eigenvalue weighted by atomic mass is 9.97. The first-order chi connectivity index (χ1) is 14.3. The first kappa shape index (κ1) is 17.8. The molecule has 8 nitrogen and oxygen atoms in total. The van der Waals surface area contributed by atoms with Gasteiger partial charge in [0.15, 0.2) is 5.82 Å². The summed E-state index contributed by atoms with van der Waals surface area (Å²) >= 11 is 0. The van der Waals surface area contributed by atoms with Gasteiger partial charge in [0.25, 0.3) is 5.89 Å². The number of ether oxygens (including phenoxy) is 1. The smallest absolute Gasteiger partial charge is 0.259 e. The van der Waals surface area contributed by atoms with Crippen LogP contribution in [-0.4, -0.2) is 45.3 Å². The quantitative estimate of drug-likeness (QED) is 0.557. The number of hydrogen-bond donors (Lipinski definition) is 1.